The highest BCUT2D eigenvalue weighted by atomic mass is 16.6. The van der Waals surface area contributed by atoms with Gasteiger partial charge in [0.15, 0.2) is 5.60 Å². The minimum Gasteiger partial charge on any atom is -0.508 e. The van der Waals surface area contributed by atoms with E-state index in [0.29, 0.717) is 66.1 Å². The van der Waals surface area contributed by atoms with Gasteiger partial charge in [0.1, 0.15) is 18.1 Å². The van der Waals surface area contributed by atoms with E-state index in [0.717, 1.165) is 54.4 Å². The molecule has 6 aromatic rings. The lowest BCUT2D eigenvalue weighted by molar-refractivity contribution is -0.172. The van der Waals surface area contributed by atoms with Crippen LogP contribution in [0.15, 0.2) is 108 Å². The smallest absolute Gasteiger partial charge is 0.415 e. The van der Waals surface area contributed by atoms with Crippen LogP contribution in [0.4, 0.5) is 4.79 Å². The minimum atomic E-state index is -1.86. The Labute approximate surface area is 481 Å². The van der Waals surface area contributed by atoms with Crippen molar-refractivity contribution in [3.05, 3.63) is 147 Å². The van der Waals surface area contributed by atoms with Crippen molar-refractivity contribution >= 4 is 33.7 Å². The van der Waals surface area contributed by atoms with E-state index in [-0.39, 0.29) is 30.1 Å². The van der Waals surface area contributed by atoms with Crippen LogP contribution in [0.3, 0.4) is 0 Å². The summed E-state index contributed by atoms with van der Waals surface area (Å²) in [5.41, 5.74) is 5.16. The fraction of sp³-hybridized carbons (Fsp3) is 0.478. The summed E-state index contributed by atoms with van der Waals surface area (Å²) in [4.78, 5) is 50.8. The summed E-state index contributed by atoms with van der Waals surface area (Å²) >= 11 is 0. The van der Waals surface area contributed by atoms with E-state index in [1.54, 1.807) is 35.8 Å². The van der Waals surface area contributed by atoms with Gasteiger partial charge < -0.3 is 34.1 Å². The molecule has 12 nitrogen and oxygen atoms in total. The van der Waals surface area contributed by atoms with Crippen LogP contribution in [-0.2, 0) is 47.7 Å². The van der Waals surface area contributed by atoms with Crippen molar-refractivity contribution in [1.29, 1.82) is 0 Å². The lowest BCUT2D eigenvalue weighted by Gasteiger charge is -2.39. The summed E-state index contributed by atoms with van der Waals surface area (Å²) in [6, 6.07) is 30.4. The predicted molar refractivity (Wildman–Crippen MR) is 326 cm³/mol. The number of pyridine rings is 2. The second-order valence-corrected chi connectivity index (χ2v) is 23.5. The normalized spacial score (nSPS) is 17.1. The maximum Gasteiger partial charge on any atom is 0.415 e. The molecule has 0 unspecified atom stereocenters. The SMILES string of the molecule is CCCCCCCCCc1ccc(O)cc1.CCc1c2c(nc3ccc(OC(=O)N4CCC(N5CCCCC5)CC4)cc13)-c1cc3c(c(=O)n1C2)COC(=O)[C@]3(O)CC.CN(C/C=C/C#CC(C)(C)C)Cc1cccc2ccccc12. The molecule has 4 aliphatic rings. The first-order valence-electron chi connectivity index (χ1n) is 30.0. The quantitative estimate of drug-likeness (QED) is 0.0546. The number of aliphatic hydroxyl groups is 1. The number of ether oxygens (including phenoxy) is 2. The van der Waals surface area contributed by atoms with Crippen molar-refractivity contribution in [3.8, 4) is 34.7 Å². The van der Waals surface area contributed by atoms with E-state index in [1.165, 1.54) is 99.2 Å². The van der Waals surface area contributed by atoms with Gasteiger partial charge in [0, 0.05) is 54.1 Å². The molecule has 0 aliphatic carbocycles. The zero-order chi connectivity index (χ0) is 57.5. The van der Waals surface area contributed by atoms with E-state index in [1.807, 2.05) is 35.2 Å². The number of fused-ring (bicyclic) bond motifs is 6. The summed E-state index contributed by atoms with van der Waals surface area (Å²) in [5, 5.41) is 23.8. The number of unbranched alkanes of at least 4 members (excludes halogenated alkanes) is 6. The van der Waals surface area contributed by atoms with Gasteiger partial charge in [0.2, 0.25) is 0 Å². The summed E-state index contributed by atoms with van der Waals surface area (Å²) in [6.07, 6.45) is 21.0. The van der Waals surface area contributed by atoms with Gasteiger partial charge in [-0.05, 0) is 162 Å². The van der Waals surface area contributed by atoms with Gasteiger partial charge in [-0.2, -0.15) is 0 Å². The monoisotopic (exact) mass is 1100 g/mol. The first-order chi connectivity index (χ1) is 39.1. The van der Waals surface area contributed by atoms with Crippen molar-refractivity contribution in [1.82, 2.24) is 24.3 Å². The van der Waals surface area contributed by atoms with E-state index in [4.69, 9.17) is 19.6 Å². The second-order valence-electron chi connectivity index (χ2n) is 23.5. The number of phenolic OH excluding ortho intramolecular Hbond substituents is 1. The maximum atomic E-state index is 13.6. The first-order valence-corrected chi connectivity index (χ1v) is 30.0. The van der Waals surface area contributed by atoms with Crippen LogP contribution in [0.1, 0.15) is 158 Å². The molecule has 0 spiro atoms. The first kappa shape index (κ1) is 60.3. The number of likely N-dealkylation sites (tertiary alicyclic amines) is 2. The molecule has 4 aliphatic heterocycles. The molecule has 1 atom stereocenters. The van der Waals surface area contributed by atoms with Gasteiger partial charge in [-0.15, -0.1) is 0 Å². The van der Waals surface area contributed by atoms with Crippen molar-refractivity contribution in [3.63, 3.8) is 0 Å². The number of allylic oxidation sites excluding steroid dienone is 1. The molecular weight excluding hydrogens is 1010 g/mol. The lowest BCUT2D eigenvalue weighted by Crippen LogP contribution is -2.48. The molecular formula is C69H87N5O7. The number of hydrogen-bond acceptors (Lipinski definition) is 10. The maximum absolute atomic E-state index is 13.6. The van der Waals surface area contributed by atoms with Gasteiger partial charge in [-0.3, -0.25) is 9.69 Å². The molecule has 1 amide bonds. The molecule has 2 fully saturated rings. The minimum absolute atomic E-state index is 0.0686. The summed E-state index contributed by atoms with van der Waals surface area (Å²) in [7, 11) is 2.14. The predicted octanol–water partition coefficient (Wildman–Crippen LogP) is 13.7. The summed E-state index contributed by atoms with van der Waals surface area (Å²) in [5.74, 6) is 6.43. The number of cyclic esters (lactones) is 1. The molecule has 10 rings (SSSR count). The standard InChI is InChI=1S/C33H38N4O6.C21H25N.C15H24O/c1-3-22-23-16-21(43-32(40)36-14-10-20(11-15-36)35-12-6-5-7-13-35)8-9-27(23)34-29-24(22)18-37-28(29)17-26-25(30(37)38)19-42-31(39)33(26,41)4-2;1-21(2,3)15-8-5-9-16-22(4)17-19-13-10-12-18-11-6-7-14-20(18)19;1-2-3-4-5-6-7-8-9-14-10-12-15(16)13-11-14/h8-9,16-17,20,41H,3-7,10-15,18-19H2,1-2H3;5-7,9-14H,16-17H2,1-4H3;10-13,16H,2-9H2,1H3/b;9-5+;/t33-;;/m0../s1. The molecule has 2 N–H and O–H groups in total. The molecule has 4 aromatic carbocycles. The Balaban J connectivity index is 0.000000188. The molecule has 6 heterocycles. The average Bonchev–Trinajstić information content (AvgIpc) is 4.13. The Morgan fingerprint density at radius 2 is 1.57 bits per heavy atom. The number of rotatable bonds is 16. The number of piperidine rings is 2. The number of aryl methyl sites for hydroxylation is 2. The Hall–Kier alpha value is -6.78. The van der Waals surface area contributed by atoms with Crippen LogP contribution in [0.25, 0.3) is 33.1 Å². The van der Waals surface area contributed by atoms with Crippen molar-refractivity contribution in [2.75, 3.05) is 39.8 Å². The lowest BCUT2D eigenvalue weighted by atomic mass is 9.86. The van der Waals surface area contributed by atoms with E-state index in [2.05, 4.69) is 112 Å². The van der Waals surface area contributed by atoms with Gasteiger partial charge in [-0.25, -0.2) is 14.6 Å². The van der Waals surface area contributed by atoms with Crippen LogP contribution >= 0.6 is 0 Å². The number of aromatic nitrogens is 2. The molecule has 12 heteroatoms. The van der Waals surface area contributed by atoms with Gasteiger partial charge in [0.05, 0.1) is 29.0 Å². The molecule has 0 bridgehead atoms. The Morgan fingerprint density at radius 1 is 0.852 bits per heavy atom. The zero-order valence-corrected chi connectivity index (χ0v) is 49.3. The number of phenols is 1. The number of carbonyl (C=O) groups excluding carboxylic acids is 2. The van der Waals surface area contributed by atoms with E-state index in [9.17, 15) is 19.5 Å². The third kappa shape index (κ3) is 15.4. The highest BCUT2D eigenvalue weighted by Gasteiger charge is 2.45. The van der Waals surface area contributed by atoms with E-state index < -0.39 is 11.6 Å². The number of aromatic hydroxyl groups is 1. The molecule has 430 valence electrons. The van der Waals surface area contributed by atoms with Gasteiger partial charge >= 0.3 is 12.1 Å². The number of hydrogen-bond donors (Lipinski definition) is 2. The van der Waals surface area contributed by atoms with Crippen molar-refractivity contribution in [2.45, 2.75) is 169 Å². The molecule has 2 saturated heterocycles. The number of nitrogens with zero attached hydrogens (tertiary/aromatic N) is 5. The second kappa shape index (κ2) is 28.3. The fourth-order valence-electron chi connectivity index (χ4n) is 11.8. The van der Waals surface area contributed by atoms with Crippen molar-refractivity contribution < 1.29 is 29.3 Å². The van der Waals surface area contributed by atoms with Crippen LogP contribution in [0.2, 0.25) is 0 Å². The summed E-state index contributed by atoms with van der Waals surface area (Å²) < 4.78 is 12.7. The summed E-state index contributed by atoms with van der Waals surface area (Å²) in [6.45, 7) is 18.1. The number of benzene rings is 4. The third-order valence-electron chi connectivity index (χ3n) is 16.4. The Bertz CT molecular complexity index is 3250. The van der Waals surface area contributed by atoms with Crippen LogP contribution < -0.4 is 10.3 Å². The third-order valence-corrected chi connectivity index (χ3v) is 16.4. The zero-order valence-electron chi connectivity index (χ0n) is 49.3. The van der Waals surface area contributed by atoms with Crippen molar-refractivity contribution in [2.24, 2.45) is 5.41 Å². The molecule has 2 aromatic heterocycles. The van der Waals surface area contributed by atoms with Crippen LogP contribution in [0.5, 0.6) is 11.5 Å². The number of amides is 1. The number of esters is 1. The highest BCUT2D eigenvalue weighted by molar-refractivity contribution is 5.90. The largest absolute Gasteiger partial charge is 0.508 e. The average molecular weight is 1100 g/mol. The topological polar surface area (TPSA) is 138 Å². The fourth-order valence-corrected chi connectivity index (χ4v) is 11.8. The highest BCUT2D eigenvalue weighted by Crippen LogP contribution is 2.41. The number of carbonyl (C=O) groups is 2. The molecule has 0 radical (unpaired) electrons. The molecule has 81 heavy (non-hydrogen) atoms. The van der Waals surface area contributed by atoms with Gasteiger partial charge in [-0.1, -0.05) is 138 Å². The van der Waals surface area contributed by atoms with E-state index >= 15 is 0 Å². The Morgan fingerprint density at radius 3 is 2.28 bits per heavy atom. The van der Waals surface area contributed by atoms with Gasteiger partial charge in [0.25, 0.3) is 5.56 Å². The van der Waals surface area contributed by atoms with Crippen LogP contribution in [-0.4, -0.2) is 92.3 Å². The number of likely N-dealkylation sites (N-methyl/N-ethyl adjacent to an activating group) is 1. The Kier molecular flexibility index (Phi) is 21.1. The molecule has 0 saturated carbocycles. The van der Waals surface area contributed by atoms with Crippen LogP contribution in [0, 0.1) is 17.3 Å².